The number of carbonyl (C=O) groups excluding carboxylic acids is 1. The summed E-state index contributed by atoms with van der Waals surface area (Å²) in [6.45, 7) is 12.0. The van der Waals surface area contributed by atoms with E-state index in [0.717, 1.165) is 23.1 Å². The second kappa shape index (κ2) is 10.6. The largest absolute Gasteiger partial charge is 0.498 e. The second-order valence-electron chi connectivity index (χ2n) is 9.45. The summed E-state index contributed by atoms with van der Waals surface area (Å²) in [5, 5.41) is 12.9. The molecule has 35 heavy (non-hydrogen) atoms. The number of rotatable bonds is 4. The third-order valence-electron chi connectivity index (χ3n) is 6.55. The molecule has 0 radical (unpaired) electrons. The SMILES string of the molecule is CC.CC1(C)OB(c2cnn3ccc(C=O)cc23)OC1(C)C.CN(c1ccc(C#N)cn1)C1CC1. The van der Waals surface area contributed by atoms with Crippen LogP contribution in [0.4, 0.5) is 5.82 Å². The van der Waals surface area contributed by atoms with Crippen LogP contribution in [0.2, 0.25) is 0 Å². The van der Waals surface area contributed by atoms with Gasteiger partial charge in [0.15, 0.2) is 0 Å². The maximum absolute atomic E-state index is 10.9. The molecule has 2 fully saturated rings. The Morgan fingerprint density at radius 2 is 1.80 bits per heavy atom. The van der Waals surface area contributed by atoms with Crippen molar-refractivity contribution in [1.82, 2.24) is 14.6 Å². The minimum atomic E-state index is -0.473. The molecule has 2 aliphatic rings. The Kier molecular flexibility index (Phi) is 7.98. The molecule has 0 N–H and O–H groups in total. The summed E-state index contributed by atoms with van der Waals surface area (Å²) in [7, 11) is 1.57. The molecule has 0 unspecified atom stereocenters. The summed E-state index contributed by atoms with van der Waals surface area (Å²) in [6.07, 6.45) is 8.45. The second-order valence-corrected chi connectivity index (χ2v) is 9.45. The predicted molar refractivity (Wildman–Crippen MR) is 138 cm³/mol. The highest BCUT2D eigenvalue weighted by Gasteiger charge is 2.52. The van der Waals surface area contributed by atoms with Gasteiger partial charge in [0.25, 0.3) is 0 Å². The zero-order chi connectivity index (χ0) is 25.8. The fourth-order valence-corrected chi connectivity index (χ4v) is 3.55. The van der Waals surface area contributed by atoms with E-state index in [0.29, 0.717) is 17.2 Å². The van der Waals surface area contributed by atoms with Crippen LogP contribution < -0.4 is 10.4 Å². The van der Waals surface area contributed by atoms with Crippen LogP contribution in [0.5, 0.6) is 0 Å². The molecule has 3 aromatic heterocycles. The number of hydrogen-bond acceptors (Lipinski definition) is 7. The van der Waals surface area contributed by atoms with Crippen molar-refractivity contribution in [3.05, 3.63) is 54.0 Å². The highest BCUT2D eigenvalue weighted by molar-refractivity contribution is 6.64. The van der Waals surface area contributed by atoms with Crippen LogP contribution in [0.25, 0.3) is 5.52 Å². The molecule has 5 rings (SSSR count). The number of anilines is 1. The third kappa shape index (κ3) is 5.72. The molecule has 1 aliphatic heterocycles. The molecule has 184 valence electrons. The number of aldehydes is 1. The van der Waals surface area contributed by atoms with Crippen molar-refractivity contribution in [3.8, 4) is 6.07 Å². The summed E-state index contributed by atoms with van der Waals surface area (Å²) in [4.78, 5) is 17.3. The zero-order valence-corrected chi connectivity index (χ0v) is 21.6. The monoisotopic (exact) mass is 475 g/mol. The number of nitriles is 1. The van der Waals surface area contributed by atoms with Crippen molar-refractivity contribution >= 4 is 30.2 Å². The lowest BCUT2D eigenvalue weighted by Crippen LogP contribution is -2.41. The first-order chi connectivity index (χ1) is 16.6. The van der Waals surface area contributed by atoms with E-state index in [1.54, 1.807) is 41.3 Å². The fraction of sp³-hybridized carbons (Fsp3) is 0.462. The molecule has 0 amide bonds. The van der Waals surface area contributed by atoms with Crippen molar-refractivity contribution in [3.63, 3.8) is 0 Å². The van der Waals surface area contributed by atoms with Crippen LogP contribution in [-0.2, 0) is 9.31 Å². The van der Waals surface area contributed by atoms with E-state index in [2.05, 4.69) is 21.1 Å². The van der Waals surface area contributed by atoms with Gasteiger partial charge < -0.3 is 14.2 Å². The van der Waals surface area contributed by atoms with Crippen LogP contribution in [0.1, 0.15) is 70.3 Å². The fourth-order valence-electron chi connectivity index (χ4n) is 3.55. The van der Waals surface area contributed by atoms with Crippen LogP contribution in [-0.4, -0.2) is 52.3 Å². The van der Waals surface area contributed by atoms with Crippen molar-refractivity contribution in [2.75, 3.05) is 11.9 Å². The molecule has 1 saturated heterocycles. The molecule has 4 heterocycles. The number of carbonyl (C=O) groups is 1. The molecule has 0 aromatic carbocycles. The maximum atomic E-state index is 10.9. The molecule has 0 atom stereocenters. The zero-order valence-electron chi connectivity index (χ0n) is 21.6. The van der Waals surface area contributed by atoms with Crippen molar-refractivity contribution < 1.29 is 14.1 Å². The van der Waals surface area contributed by atoms with Gasteiger partial charge in [-0.05, 0) is 64.8 Å². The lowest BCUT2D eigenvalue weighted by molar-refractivity contribution is 0.00578. The Labute approximate surface area is 208 Å². The minimum absolute atomic E-state index is 0.395. The van der Waals surface area contributed by atoms with Gasteiger partial charge in [-0.2, -0.15) is 10.4 Å². The van der Waals surface area contributed by atoms with Crippen LogP contribution in [0.3, 0.4) is 0 Å². The van der Waals surface area contributed by atoms with E-state index < -0.39 is 18.3 Å². The number of hydrogen-bond donors (Lipinski definition) is 0. The molecule has 3 aromatic rings. The Morgan fingerprint density at radius 3 is 2.31 bits per heavy atom. The first kappa shape index (κ1) is 26.4. The summed E-state index contributed by atoms with van der Waals surface area (Å²) < 4.78 is 13.8. The molecular weight excluding hydrogens is 441 g/mol. The summed E-state index contributed by atoms with van der Waals surface area (Å²) in [6, 6.07) is 9.95. The van der Waals surface area contributed by atoms with Crippen molar-refractivity contribution in [2.45, 2.75) is 71.6 Å². The quantitative estimate of drug-likeness (QED) is 0.416. The normalized spacial score (nSPS) is 17.5. The van der Waals surface area contributed by atoms with Gasteiger partial charge >= 0.3 is 7.12 Å². The van der Waals surface area contributed by atoms with Crippen molar-refractivity contribution in [1.29, 1.82) is 5.26 Å². The third-order valence-corrected chi connectivity index (χ3v) is 6.55. The van der Waals surface area contributed by atoms with E-state index in [4.69, 9.17) is 14.6 Å². The minimum Gasteiger partial charge on any atom is -0.399 e. The maximum Gasteiger partial charge on any atom is 0.498 e. The number of fused-ring (bicyclic) bond motifs is 1. The van der Waals surface area contributed by atoms with Gasteiger partial charge in [0.2, 0.25) is 0 Å². The lowest BCUT2D eigenvalue weighted by atomic mass is 9.80. The smallest absolute Gasteiger partial charge is 0.399 e. The Balaban J connectivity index is 0.000000197. The molecule has 1 saturated carbocycles. The highest BCUT2D eigenvalue weighted by atomic mass is 16.7. The van der Waals surface area contributed by atoms with Gasteiger partial charge in [-0.15, -0.1) is 0 Å². The Bertz CT molecular complexity index is 1180. The lowest BCUT2D eigenvalue weighted by Gasteiger charge is -2.32. The highest BCUT2D eigenvalue weighted by Crippen LogP contribution is 2.36. The van der Waals surface area contributed by atoms with E-state index in [9.17, 15) is 4.79 Å². The molecule has 9 heteroatoms. The summed E-state index contributed by atoms with van der Waals surface area (Å²) >= 11 is 0. The van der Waals surface area contributed by atoms with Crippen molar-refractivity contribution in [2.24, 2.45) is 0 Å². The summed E-state index contributed by atoms with van der Waals surface area (Å²) in [5.41, 5.74) is 2.10. The van der Waals surface area contributed by atoms with E-state index in [1.165, 1.54) is 12.8 Å². The first-order valence-corrected chi connectivity index (χ1v) is 12.0. The molecule has 1 aliphatic carbocycles. The molecular formula is C26H34BN5O3. The molecule has 0 bridgehead atoms. The van der Waals surface area contributed by atoms with Crippen LogP contribution >= 0.6 is 0 Å². The Hall–Kier alpha value is -3.22. The number of nitrogens with zero attached hydrogens (tertiary/aromatic N) is 5. The van der Waals surface area contributed by atoms with Crippen LogP contribution in [0.15, 0.2) is 42.9 Å². The summed E-state index contributed by atoms with van der Waals surface area (Å²) in [5.74, 6) is 0.960. The van der Waals surface area contributed by atoms with Gasteiger partial charge in [-0.3, -0.25) is 4.79 Å². The van der Waals surface area contributed by atoms with E-state index >= 15 is 0 Å². The van der Waals surface area contributed by atoms with E-state index in [-0.39, 0.29) is 0 Å². The van der Waals surface area contributed by atoms with Gasteiger partial charge in [0.05, 0.1) is 22.3 Å². The Morgan fingerprint density at radius 1 is 1.14 bits per heavy atom. The topological polar surface area (TPSA) is 92.8 Å². The van der Waals surface area contributed by atoms with Gasteiger partial charge in [0.1, 0.15) is 18.2 Å². The van der Waals surface area contributed by atoms with Gasteiger partial charge in [-0.1, -0.05) is 13.8 Å². The number of pyridine rings is 2. The van der Waals surface area contributed by atoms with E-state index in [1.807, 2.05) is 54.7 Å². The predicted octanol–water partition coefficient (Wildman–Crippen LogP) is 4.02. The average molecular weight is 475 g/mol. The molecule has 0 spiro atoms. The average Bonchev–Trinajstić information content (AvgIpc) is 3.58. The number of aromatic nitrogens is 3. The van der Waals surface area contributed by atoms with Gasteiger partial charge in [-0.25, -0.2) is 9.50 Å². The molecule has 8 nitrogen and oxygen atoms in total. The van der Waals surface area contributed by atoms with Crippen LogP contribution in [0, 0.1) is 11.3 Å². The first-order valence-electron chi connectivity index (χ1n) is 12.0. The standard InChI is InChI=1S/C14H17BN2O3.C10H11N3.C2H6/c1-13(2)14(3,4)20-15(19-13)11-8-16-17-6-5-10(9-18)7-12(11)17;1-13(9-3-4-9)10-5-2-8(6-11)7-12-10;1-2/h5-9H,1-4H3;2,5,7,9H,3-4H2,1H3;1-2H3. The van der Waals surface area contributed by atoms with Gasteiger partial charge in [0, 0.05) is 42.7 Å².